The van der Waals surface area contributed by atoms with Gasteiger partial charge in [0.05, 0.1) is 30.2 Å². The van der Waals surface area contributed by atoms with Gasteiger partial charge in [-0.1, -0.05) is 48.4 Å². The molecule has 2 fully saturated rings. The van der Waals surface area contributed by atoms with Crippen LogP contribution >= 0.6 is 11.6 Å². The van der Waals surface area contributed by atoms with Gasteiger partial charge in [0.15, 0.2) is 0 Å². The molecule has 3 aromatic carbocycles. The molecule has 1 aromatic heterocycles. The Labute approximate surface area is 337 Å². The second kappa shape index (κ2) is 20.0. The number of aromatic nitrogens is 1. The molecule has 10 heteroatoms. The molecule has 6 rings (SSSR count). The zero-order valence-corrected chi connectivity index (χ0v) is 34.0. The molecule has 1 N–H and O–H groups in total. The van der Waals surface area contributed by atoms with Crippen molar-refractivity contribution in [1.29, 1.82) is 5.26 Å². The summed E-state index contributed by atoms with van der Waals surface area (Å²) in [5.41, 5.74) is 7.87. The molecule has 0 spiro atoms. The number of likely N-dealkylation sites (tertiary alicyclic amines) is 1. The molecule has 2 heterocycles. The number of nitriles is 1. The third-order valence-electron chi connectivity index (χ3n) is 11.4. The molecule has 0 radical (unpaired) electrons. The molecule has 0 amide bonds. The Morgan fingerprint density at radius 2 is 1.66 bits per heavy atom. The highest BCUT2D eigenvalue weighted by atomic mass is 35.5. The lowest BCUT2D eigenvalue weighted by molar-refractivity contribution is -0.146. The number of hydrogen-bond acceptors (Lipinski definition) is 9. The summed E-state index contributed by atoms with van der Waals surface area (Å²) in [5.74, 6) is 2.11. The van der Waals surface area contributed by atoms with E-state index in [4.69, 9.17) is 30.5 Å². The minimum absolute atomic E-state index is 0.0429. The van der Waals surface area contributed by atoms with E-state index in [-0.39, 0.29) is 18.5 Å². The van der Waals surface area contributed by atoms with Gasteiger partial charge in [0.25, 0.3) is 0 Å². The summed E-state index contributed by atoms with van der Waals surface area (Å²) >= 11 is 6.93. The Morgan fingerprint density at radius 1 is 0.893 bits per heavy atom. The largest absolute Gasteiger partial charge is 0.493 e. The van der Waals surface area contributed by atoms with E-state index in [0.29, 0.717) is 47.4 Å². The van der Waals surface area contributed by atoms with Gasteiger partial charge < -0.3 is 24.3 Å². The Hall–Kier alpha value is -4.62. The molecule has 0 unspecified atom stereocenters. The van der Waals surface area contributed by atoms with Crippen molar-refractivity contribution >= 4 is 17.6 Å². The topological polar surface area (TPSA) is 106 Å². The first-order chi connectivity index (χ1) is 27.2. The van der Waals surface area contributed by atoms with E-state index in [1.54, 1.807) is 18.5 Å². The first-order valence-corrected chi connectivity index (χ1v) is 20.4. The number of nitrogens with zero attached hydrogens (tertiary/aromatic N) is 3. The van der Waals surface area contributed by atoms with Crippen LogP contribution in [0.15, 0.2) is 67.0 Å². The number of esters is 1. The number of ether oxygens (including phenoxy) is 4. The summed E-state index contributed by atoms with van der Waals surface area (Å²) in [6.45, 7) is 10.4. The quantitative estimate of drug-likeness (QED) is 0.0880. The van der Waals surface area contributed by atoms with E-state index in [1.807, 2.05) is 18.2 Å². The first-order valence-electron chi connectivity index (χ1n) is 20.0. The lowest BCUT2D eigenvalue weighted by Gasteiger charge is -2.33. The van der Waals surface area contributed by atoms with Crippen LogP contribution in [-0.2, 0) is 29.3 Å². The summed E-state index contributed by atoms with van der Waals surface area (Å²) in [4.78, 5) is 18.5. The fraction of sp³-hybridized carbons (Fsp3) is 0.457. The van der Waals surface area contributed by atoms with Crippen LogP contribution in [0, 0.1) is 31.1 Å². The number of hydrogen-bond donors (Lipinski definition) is 1. The predicted octanol–water partition coefficient (Wildman–Crippen LogP) is 9.51. The molecule has 9 nitrogen and oxygen atoms in total. The second-order valence-corrected chi connectivity index (χ2v) is 15.6. The minimum Gasteiger partial charge on any atom is -0.493 e. The van der Waals surface area contributed by atoms with Gasteiger partial charge in [-0.2, -0.15) is 5.26 Å². The Kier molecular flexibility index (Phi) is 14.6. The summed E-state index contributed by atoms with van der Waals surface area (Å²) in [5, 5.41) is 13.6. The van der Waals surface area contributed by atoms with E-state index in [2.05, 4.69) is 72.4 Å². The molecule has 56 heavy (non-hydrogen) atoms. The van der Waals surface area contributed by atoms with Crippen molar-refractivity contribution < 1.29 is 23.7 Å². The maximum absolute atomic E-state index is 11.8. The van der Waals surface area contributed by atoms with E-state index in [1.165, 1.54) is 26.4 Å². The van der Waals surface area contributed by atoms with Gasteiger partial charge in [-0.15, -0.1) is 0 Å². The molecule has 1 aliphatic heterocycles. The maximum Gasteiger partial charge on any atom is 0.308 e. The third kappa shape index (κ3) is 10.6. The molecular weight excluding hydrogens is 724 g/mol. The molecule has 2 aliphatic rings. The number of rotatable bonds is 16. The fourth-order valence-corrected chi connectivity index (χ4v) is 8.20. The average Bonchev–Trinajstić information content (AvgIpc) is 3.22. The number of piperidine rings is 1. The molecule has 4 aromatic rings. The molecule has 1 saturated heterocycles. The summed E-state index contributed by atoms with van der Waals surface area (Å²) in [7, 11) is 1.47. The van der Waals surface area contributed by atoms with Gasteiger partial charge in [-0.25, -0.2) is 0 Å². The maximum atomic E-state index is 11.8. The SMILES string of the molecule is COC(=O)[C@H]1CC[C@H](NCCCOc2cccc(-c3cccc(COc4cc(OCc5cncc(C#N)c5)c(CN5CCCC[C@H]5C)cc4Cl)c3C)c2C)CC1. The van der Waals surface area contributed by atoms with Gasteiger partial charge in [0.2, 0.25) is 0 Å². The summed E-state index contributed by atoms with van der Waals surface area (Å²) in [6, 6.07) is 21.3. The molecule has 0 bridgehead atoms. The van der Waals surface area contributed by atoms with Crippen molar-refractivity contribution in [3.05, 3.63) is 105 Å². The van der Waals surface area contributed by atoms with Crippen LogP contribution in [-0.4, -0.2) is 54.7 Å². The normalized spacial score (nSPS) is 18.5. The molecule has 1 aliphatic carbocycles. The van der Waals surface area contributed by atoms with Gasteiger partial charge >= 0.3 is 5.97 Å². The van der Waals surface area contributed by atoms with Crippen molar-refractivity contribution in [3.8, 4) is 34.4 Å². The first kappa shape index (κ1) is 41.0. The molecule has 296 valence electrons. The monoisotopic (exact) mass is 778 g/mol. The van der Waals surface area contributed by atoms with Crippen LogP contribution in [0.4, 0.5) is 0 Å². The fourth-order valence-electron chi connectivity index (χ4n) is 7.95. The number of benzene rings is 3. The predicted molar refractivity (Wildman–Crippen MR) is 220 cm³/mol. The van der Waals surface area contributed by atoms with Gasteiger partial charge in [0, 0.05) is 48.2 Å². The zero-order chi connectivity index (χ0) is 39.4. The highest BCUT2D eigenvalue weighted by Crippen LogP contribution is 2.37. The highest BCUT2D eigenvalue weighted by molar-refractivity contribution is 6.32. The van der Waals surface area contributed by atoms with Crippen molar-refractivity contribution in [3.63, 3.8) is 0 Å². The number of nitrogens with one attached hydrogen (secondary N) is 1. The lowest BCUT2D eigenvalue weighted by Crippen LogP contribution is -2.36. The van der Waals surface area contributed by atoms with Crippen LogP contribution < -0.4 is 19.5 Å². The standard InChI is InChI=1S/C46H55ClN4O5/c1-31-10-5-6-20-51(31)28-38-23-42(47)45(24-44(38)55-29-35-22-34(25-48)26-49-27-35)56-30-37-11-7-12-40(32(37)2)41-13-8-14-43(33(41)3)54-21-9-19-50-39-17-15-36(16-18-39)46(52)53-4/h7-8,11-14,22-24,26-27,31,36,39,50H,5-6,9-10,15-21,28-30H2,1-4H3/t31-,36-,39-/m1/s1. The van der Waals surface area contributed by atoms with E-state index in [9.17, 15) is 10.1 Å². The summed E-state index contributed by atoms with van der Waals surface area (Å²) < 4.78 is 24.1. The second-order valence-electron chi connectivity index (χ2n) is 15.2. The van der Waals surface area contributed by atoms with Crippen molar-refractivity contribution in [2.75, 3.05) is 26.8 Å². The van der Waals surface area contributed by atoms with Gasteiger partial charge in [0.1, 0.15) is 36.5 Å². The number of carbonyl (C=O) groups is 1. The minimum atomic E-state index is -0.0792. The number of pyridine rings is 1. The smallest absolute Gasteiger partial charge is 0.308 e. The van der Waals surface area contributed by atoms with Crippen LogP contribution in [0.25, 0.3) is 11.1 Å². The van der Waals surface area contributed by atoms with Crippen LogP contribution in [0.2, 0.25) is 5.02 Å². The van der Waals surface area contributed by atoms with Crippen LogP contribution in [0.3, 0.4) is 0 Å². The van der Waals surface area contributed by atoms with Crippen LogP contribution in [0.1, 0.15) is 91.7 Å². The molecule has 1 saturated carbocycles. The number of halogens is 1. The molecular formula is C46H55ClN4O5. The van der Waals surface area contributed by atoms with Crippen molar-refractivity contribution in [2.24, 2.45) is 5.92 Å². The van der Waals surface area contributed by atoms with Gasteiger partial charge in [-0.3, -0.25) is 14.7 Å². The van der Waals surface area contributed by atoms with Crippen molar-refractivity contribution in [1.82, 2.24) is 15.2 Å². The number of carbonyl (C=O) groups excluding carboxylic acids is 1. The Morgan fingerprint density at radius 3 is 2.43 bits per heavy atom. The highest BCUT2D eigenvalue weighted by Gasteiger charge is 2.26. The van der Waals surface area contributed by atoms with Crippen LogP contribution in [0.5, 0.6) is 17.2 Å². The Bertz CT molecular complexity index is 1990. The average molecular weight is 779 g/mol. The third-order valence-corrected chi connectivity index (χ3v) is 11.7. The van der Waals surface area contributed by atoms with Crippen molar-refractivity contribution in [2.45, 2.75) is 104 Å². The van der Waals surface area contributed by atoms with E-state index >= 15 is 0 Å². The number of methoxy groups -OCH3 is 1. The summed E-state index contributed by atoms with van der Waals surface area (Å²) in [6.07, 6.45) is 11.5. The van der Waals surface area contributed by atoms with E-state index in [0.717, 1.165) is 96.4 Å². The van der Waals surface area contributed by atoms with Gasteiger partial charge in [-0.05, 0) is 125 Å². The van der Waals surface area contributed by atoms with E-state index < -0.39 is 0 Å². The Balaban J connectivity index is 1.10. The zero-order valence-electron chi connectivity index (χ0n) is 33.2. The molecule has 1 atom stereocenters. The lowest BCUT2D eigenvalue weighted by atomic mass is 9.86.